The van der Waals surface area contributed by atoms with Crippen LogP contribution in [0, 0.1) is 11.3 Å². The molecule has 0 spiro atoms. The summed E-state index contributed by atoms with van der Waals surface area (Å²) in [5.41, 5.74) is 0.495. The minimum absolute atomic E-state index is 0.142. The van der Waals surface area contributed by atoms with Crippen molar-refractivity contribution >= 4 is 0 Å². The third-order valence-corrected chi connectivity index (χ3v) is 1.92. The van der Waals surface area contributed by atoms with Gasteiger partial charge >= 0.3 is 0 Å². The Labute approximate surface area is 50.7 Å². The largest absolute Gasteiger partial charge is 0.236 e. The molecule has 0 amide bonds. The molecule has 1 saturated carbocycles. The van der Waals surface area contributed by atoms with Crippen LogP contribution in [0.1, 0.15) is 26.7 Å². The Hall–Kier alpha value is -0.0400. The fraction of sp³-hybridized carbons (Fsp3) is 1.00. The molecule has 0 unspecified atom stereocenters. The van der Waals surface area contributed by atoms with Gasteiger partial charge in [-0.15, -0.1) is 0 Å². The summed E-state index contributed by atoms with van der Waals surface area (Å²) in [6.45, 7) is 4.59. The maximum Gasteiger partial charge on any atom is 0.0850 e. The fourth-order valence-corrected chi connectivity index (χ4v) is 1.62. The van der Waals surface area contributed by atoms with Crippen molar-refractivity contribution in [3.8, 4) is 0 Å². The Morgan fingerprint density at radius 2 is 2.00 bits per heavy atom. The van der Waals surface area contributed by atoms with Gasteiger partial charge in [-0.3, -0.25) is 0 Å². The standard InChI is InChI=1S/C7H13O/c1-7(2)3-6(4-7)5-8/h6H,3-5H2,1-2H3. The van der Waals surface area contributed by atoms with E-state index < -0.39 is 0 Å². The summed E-state index contributed by atoms with van der Waals surface area (Å²) in [4.78, 5) is 0. The highest BCUT2D eigenvalue weighted by Crippen LogP contribution is 2.44. The molecule has 0 bridgehead atoms. The number of hydrogen-bond acceptors (Lipinski definition) is 0. The topological polar surface area (TPSA) is 19.9 Å². The third-order valence-electron chi connectivity index (χ3n) is 1.92. The Morgan fingerprint density at radius 3 is 2.12 bits per heavy atom. The maximum atomic E-state index is 10.2. The first-order valence-electron chi connectivity index (χ1n) is 3.22. The summed E-state index contributed by atoms with van der Waals surface area (Å²) in [6.07, 6.45) is 2.30. The molecule has 1 heteroatoms. The molecule has 0 aromatic carbocycles. The van der Waals surface area contributed by atoms with Crippen molar-refractivity contribution in [2.24, 2.45) is 11.3 Å². The molecule has 47 valence electrons. The molecule has 0 aromatic rings. The van der Waals surface area contributed by atoms with Crippen LogP contribution in [-0.2, 0) is 5.11 Å². The van der Waals surface area contributed by atoms with E-state index in [2.05, 4.69) is 13.8 Å². The van der Waals surface area contributed by atoms with Crippen molar-refractivity contribution < 1.29 is 5.11 Å². The highest BCUT2D eigenvalue weighted by molar-refractivity contribution is 4.85. The Kier molecular flexibility index (Phi) is 1.31. The Morgan fingerprint density at radius 1 is 1.50 bits per heavy atom. The van der Waals surface area contributed by atoms with Crippen molar-refractivity contribution in [3.63, 3.8) is 0 Å². The molecule has 0 heterocycles. The summed E-state index contributed by atoms with van der Waals surface area (Å²) in [6, 6.07) is 0. The van der Waals surface area contributed by atoms with E-state index in [1.807, 2.05) is 0 Å². The lowest BCUT2D eigenvalue weighted by Gasteiger charge is -2.41. The Balaban J connectivity index is 2.21. The SMILES string of the molecule is CC1(C)CC(C[O])C1. The molecule has 0 atom stereocenters. The van der Waals surface area contributed by atoms with Crippen LogP contribution >= 0.6 is 0 Å². The van der Waals surface area contributed by atoms with Crippen molar-refractivity contribution in [2.45, 2.75) is 26.7 Å². The maximum absolute atomic E-state index is 10.2. The second-order valence-electron chi connectivity index (χ2n) is 3.61. The monoisotopic (exact) mass is 113 g/mol. The van der Waals surface area contributed by atoms with Crippen LogP contribution in [0.5, 0.6) is 0 Å². The van der Waals surface area contributed by atoms with Crippen molar-refractivity contribution in [3.05, 3.63) is 0 Å². The van der Waals surface area contributed by atoms with Gasteiger partial charge < -0.3 is 0 Å². The lowest BCUT2D eigenvalue weighted by Crippen LogP contribution is -2.33. The van der Waals surface area contributed by atoms with Gasteiger partial charge in [-0.05, 0) is 24.2 Å². The average Bonchev–Trinajstić information content (AvgIpc) is 1.60. The van der Waals surface area contributed by atoms with E-state index in [0.717, 1.165) is 12.8 Å². The number of hydrogen-bond donors (Lipinski definition) is 0. The quantitative estimate of drug-likeness (QED) is 0.494. The van der Waals surface area contributed by atoms with Gasteiger partial charge in [0.05, 0.1) is 6.61 Å². The normalized spacial score (nSPS) is 27.4. The van der Waals surface area contributed by atoms with Crippen LogP contribution in [-0.4, -0.2) is 6.61 Å². The van der Waals surface area contributed by atoms with Crippen molar-refractivity contribution in [1.82, 2.24) is 0 Å². The molecule has 0 saturated heterocycles. The molecular weight excluding hydrogens is 100 g/mol. The summed E-state index contributed by atoms with van der Waals surface area (Å²) in [5, 5.41) is 10.2. The minimum Gasteiger partial charge on any atom is -0.236 e. The molecule has 1 aliphatic carbocycles. The number of rotatable bonds is 1. The lowest BCUT2D eigenvalue weighted by atomic mass is 9.65. The summed E-state index contributed by atoms with van der Waals surface area (Å²) in [5.74, 6) is 0.505. The van der Waals surface area contributed by atoms with Crippen molar-refractivity contribution in [2.75, 3.05) is 6.61 Å². The van der Waals surface area contributed by atoms with Gasteiger partial charge in [-0.25, -0.2) is 5.11 Å². The third kappa shape index (κ3) is 1.03. The minimum atomic E-state index is 0.142. The zero-order chi connectivity index (χ0) is 6.20. The highest BCUT2D eigenvalue weighted by atomic mass is 16.3. The van der Waals surface area contributed by atoms with Crippen molar-refractivity contribution in [1.29, 1.82) is 0 Å². The van der Waals surface area contributed by atoms with E-state index in [1.54, 1.807) is 0 Å². The molecule has 1 aliphatic rings. The summed E-state index contributed by atoms with van der Waals surface area (Å²) < 4.78 is 0. The van der Waals surface area contributed by atoms with Crippen LogP contribution in [0.2, 0.25) is 0 Å². The molecule has 1 fully saturated rings. The molecule has 1 radical (unpaired) electrons. The lowest BCUT2D eigenvalue weighted by molar-refractivity contribution is 0.0188. The molecule has 0 N–H and O–H groups in total. The molecular formula is C7H13O. The molecule has 0 aromatic heterocycles. The second kappa shape index (κ2) is 1.73. The molecule has 1 rings (SSSR count). The van der Waals surface area contributed by atoms with Gasteiger partial charge in [-0.2, -0.15) is 0 Å². The molecule has 8 heavy (non-hydrogen) atoms. The predicted octanol–water partition coefficient (Wildman–Crippen LogP) is 1.85. The van der Waals surface area contributed by atoms with E-state index in [0.29, 0.717) is 11.3 Å². The van der Waals surface area contributed by atoms with E-state index in [-0.39, 0.29) is 6.61 Å². The smallest absolute Gasteiger partial charge is 0.0850 e. The van der Waals surface area contributed by atoms with Gasteiger partial charge in [-0.1, -0.05) is 13.8 Å². The molecule has 0 aliphatic heterocycles. The summed E-state index contributed by atoms with van der Waals surface area (Å²) in [7, 11) is 0. The second-order valence-corrected chi connectivity index (χ2v) is 3.61. The van der Waals surface area contributed by atoms with E-state index in [9.17, 15) is 5.11 Å². The fourth-order valence-electron chi connectivity index (χ4n) is 1.62. The summed E-state index contributed by atoms with van der Waals surface area (Å²) >= 11 is 0. The van der Waals surface area contributed by atoms with Gasteiger partial charge in [0, 0.05) is 0 Å². The highest BCUT2D eigenvalue weighted by Gasteiger charge is 2.35. The van der Waals surface area contributed by atoms with Gasteiger partial charge in [0.1, 0.15) is 0 Å². The first-order chi connectivity index (χ1) is 3.64. The van der Waals surface area contributed by atoms with Crippen LogP contribution in [0.25, 0.3) is 0 Å². The van der Waals surface area contributed by atoms with Crippen LogP contribution < -0.4 is 0 Å². The predicted molar refractivity (Wildman–Crippen MR) is 32.1 cm³/mol. The van der Waals surface area contributed by atoms with E-state index in [4.69, 9.17) is 0 Å². The van der Waals surface area contributed by atoms with Crippen LogP contribution in [0.3, 0.4) is 0 Å². The van der Waals surface area contributed by atoms with Crippen LogP contribution in [0.4, 0.5) is 0 Å². The van der Waals surface area contributed by atoms with E-state index in [1.165, 1.54) is 0 Å². The van der Waals surface area contributed by atoms with Gasteiger partial charge in [0.2, 0.25) is 0 Å². The van der Waals surface area contributed by atoms with E-state index >= 15 is 0 Å². The average molecular weight is 113 g/mol. The zero-order valence-corrected chi connectivity index (χ0v) is 5.61. The van der Waals surface area contributed by atoms with Crippen LogP contribution in [0.15, 0.2) is 0 Å². The zero-order valence-electron chi connectivity index (χ0n) is 5.61. The first-order valence-corrected chi connectivity index (χ1v) is 3.22. The Bertz CT molecular complexity index is 78.4. The van der Waals surface area contributed by atoms with Gasteiger partial charge in [0.25, 0.3) is 0 Å². The van der Waals surface area contributed by atoms with Gasteiger partial charge in [0.15, 0.2) is 0 Å². The first kappa shape index (κ1) is 6.09. The molecule has 1 nitrogen and oxygen atoms in total.